The largest absolute Gasteiger partial charge is 0.377 e. The highest BCUT2D eigenvalue weighted by Gasteiger charge is 2.28. The Balaban J connectivity index is 1.51. The molecule has 0 N–H and O–H groups in total. The summed E-state index contributed by atoms with van der Waals surface area (Å²) in [4.78, 5) is 48.5. The van der Waals surface area contributed by atoms with E-state index in [-0.39, 0.29) is 49.9 Å². The second kappa shape index (κ2) is 7.98. The van der Waals surface area contributed by atoms with E-state index < -0.39 is 0 Å². The van der Waals surface area contributed by atoms with Crippen LogP contribution in [-0.4, -0.2) is 72.9 Å². The molecule has 2 heterocycles. The smallest absolute Gasteiger partial charge is 0.256 e. The molecule has 0 atom stereocenters. The fraction of sp³-hybridized carbons (Fsp3) is 0.500. The van der Waals surface area contributed by atoms with E-state index in [0.29, 0.717) is 24.4 Å². The van der Waals surface area contributed by atoms with Crippen molar-refractivity contribution in [1.29, 1.82) is 0 Å². The average molecular weight is 336 g/mol. The van der Waals surface area contributed by atoms with E-state index in [1.54, 1.807) is 13.8 Å². The molecule has 0 aromatic heterocycles. The van der Waals surface area contributed by atoms with Crippen LogP contribution in [0.25, 0.3) is 0 Å². The van der Waals surface area contributed by atoms with Crippen molar-refractivity contribution in [2.24, 2.45) is 0 Å². The van der Waals surface area contributed by atoms with E-state index in [1.807, 2.05) is 0 Å². The molecule has 0 saturated heterocycles. The van der Waals surface area contributed by atoms with E-state index >= 15 is 0 Å². The summed E-state index contributed by atoms with van der Waals surface area (Å²) in [6, 6.07) is 0. The Morgan fingerprint density at radius 3 is 1.38 bits per heavy atom. The topological polar surface area (TPSA) is 93.2 Å². The third-order valence-electron chi connectivity index (χ3n) is 3.67. The number of hydrogen-bond donors (Lipinski definition) is 0. The number of amides is 4. The van der Waals surface area contributed by atoms with Gasteiger partial charge >= 0.3 is 0 Å². The van der Waals surface area contributed by atoms with E-state index in [9.17, 15) is 19.2 Å². The number of hydrogen-bond acceptors (Lipinski definition) is 6. The van der Waals surface area contributed by atoms with Crippen molar-refractivity contribution in [2.45, 2.75) is 13.8 Å². The van der Waals surface area contributed by atoms with Crippen molar-refractivity contribution >= 4 is 23.6 Å². The molecular weight excluding hydrogens is 316 g/mol. The van der Waals surface area contributed by atoms with Gasteiger partial charge in [0.15, 0.2) is 0 Å². The summed E-state index contributed by atoms with van der Waals surface area (Å²) in [5.41, 5.74) is 0.859. The molecule has 4 amide bonds. The van der Waals surface area contributed by atoms with Crippen LogP contribution in [0.1, 0.15) is 13.8 Å². The molecule has 0 unspecified atom stereocenters. The van der Waals surface area contributed by atoms with Crippen molar-refractivity contribution in [3.05, 3.63) is 23.3 Å². The first-order valence-corrected chi connectivity index (χ1v) is 7.65. The predicted molar refractivity (Wildman–Crippen MR) is 82.6 cm³/mol. The van der Waals surface area contributed by atoms with Crippen LogP contribution >= 0.6 is 0 Å². The van der Waals surface area contributed by atoms with Gasteiger partial charge in [0.25, 0.3) is 23.6 Å². The Labute approximate surface area is 139 Å². The Hall–Kier alpha value is -2.32. The zero-order valence-corrected chi connectivity index (χ0v) is 13.7. The lowest BCUT2D eigenvalue weighted by Gasteiger charge is -2.15. The molecule has 130 valence electrons. The van der Waals surface area contributed by atoms with Gasteiger partial charge in [-0.25, -0.2) is 0 Å². The maximum Gasteiger partial charge on any atom is 0.256 e. The van der Waals surface area contributed by atoms with Gasteiger partial charge in [0.2, 0.25) is 0 Å². The quantitative estimate of drug-likeness (QED) is 0.422. The highest BCUT2D eigenvalue weighted by Crippen LogP contribution is 2.11. The molecule has 0 fully saturated rings. The maximum atomic E-state index is 11.6. The van der Waals surface area contributed by atoms with Gasteiger partial charge in [0.1, 0.15) is 0 Å². The molecule has 2 aliphatic rings. The number of carbonyl (C=O) groups is 4. The summed E-state index contributed by atoms with van der Waals surface area (Å²) >= 11 is 0. The van der Waals surface area contributed by atoms with Gasteiger partial charge in [-0.1, -0.05) is 0 Å². The van der Waals surface area contributed by atoms with Gasteiger partial charge in [-0.05, 0) is 13.8 Å². The normalized spacial score (nSPS) is 17.9. The fourth-order valence-electron chi connectivity index (χ4n) is 2.33. The summed E-state index contributed by atoms with van der Waals surface area (Å²) < 4.78 is 10.6. The van der Waals surface area contributed by atoms with Gasteiger partial charge in [-0.2, -0.15) is 0 Å². The van der Waals surface area contributed by atoms with Crippen LogP contribution in [0.15, 0.2) is 23.3 Å². The number of imide groups is 2. The second-order valence-corrected chi connectivity index (χ2v) is 5.47. The molecule has 8 nitrogen and oxygen atoms in total. The van der Waals surface area contributed by atoms with Gasteiger partial charge in [-0.15, -0.1) is 0 Å². The molecule has 0 spiro atoms. The third kappa shape index (κ3) is 4.15. The van der Waals surface area contributed by atoms with Crippen molar-refractivity contribution in [3.8, 4) is 0 Å². The minimum Gasteiger partial charge on any atom is -0.377 e. The van der Waals surface area contributed by atoms with Crippen molar-refractivity contribution < 1.29 is 28.7 Å². The van der Waals surface area contributed by atoms with Gasteiger partial charge in [0.05, 0.1) is 39.5 Å². The van der Waals surface area contributed by atoms with Crippen LogP contribution in [0.3, 0.4) is 0 Å². The molecule has 0 radical (unpaired) electrons. The van der Waals surface area contributed by atoms with Crippen LogP contribution in [0.5, 0.6) is 0 Å². The first-order valence-electron chi connectivity index (χ1n) is 7.65. The van der Waals surface area contributed by atoms with Crippen molar-refractivity contribution in [1.82, 2.24) is 9.80 Å². The number of carbonyl (C=O) groups excluding carboxylic acids is 4. The van der Waals surface area contributed by atoms with E-state index in [2.05, 4.69) is 0 Å². The van der Waals surface area contributed by atoms with E-state index in [1.165, 1.54) is 12.2 Å². The fourth-order valence-corrected chi connectivity index (χ4v) is 2.33. The number of nitrogens with zero attached hydrogens (tertiary/aromatic N) is 2. The monoisotopic (exact) mass is 336 g/mol. The standard InChI is InChI=1S/C16H20N2O6/c1-11-9-13(19)17(15(11)21)3-5-23-7-8-24-6-4-18-14(20)10-12(2)16(18)22/h9-10H,3-8H2,1-2H3. The van der Waals surface area contributed by atoms with E-state index in [4.69, 9.17) is 9.47 Å². The highest BCUT2D eigenvalue weighted by atomic mass is 16.5. The average Bonchev–Trinajstić information content (AvgIpc) is 2.91. The Bertz CT molecular complexity index is 568. The van der Waals surface area contributed by atoms with Gasteiger partial charge in [0, 0.05) is 23.3 Å². The molecule has 0 aliphatic carbocycles. The predicted octanol–water partition coefficient (Wildman–Crippen LogP) is -0.350. The zero-order valence-electron chi connectivity index (χ0n) is 13.7. The minimum absolute atomic E-state index is 0.202. The molecule has 0 aromatic rings. The number of ether oxygens (including phenoxy) is 2. The van der Waals surface area contributed by atoms with Crippen molar-refractivity contribution in [2.75, 3.05) is 39.5 Å². The molecule has 0 bridgehead atoms. The molecule has 0 saturated carbocycles. The van der Waals surface area contributed by atoms with E-state index in [0.717, 1.165) is 9.80 Å². The SMILES string of the molecule is CC1=CC(=O)N(CCOCCOCCN2C(=O)C=C(C)C2=O)C1=O. The van der Waals surface area contributed by atoms with Gasteiger partial charge < -0.3 is 9.47 Å². The van der Waals surface area contributed by atoms with Crippen LogP contribution in [0.2, 0.25) is 0 Å². The highest BCUT2D eigenvalue weighted by molar-refractivity contribution is 6.16. The Kier molecular flexibility index (Phi) is 5.99. The lowest BCUT2D eigenvalue weighted by Crippen LogP contribution is -2.34. The second-order valence-electron chi connectivity index (χ2n) is 5.47. The summed E-state index contributed by atoms with van der Waals surface area (Å²) in [6.45, 7) is 4.65. The molecule has 8 heteroatoms. The first-order chi connectivity index (χ1) is 11.4. The lowest BCUT2D eigenvalue weighted by atomic mass is 10.3. The summed E-state index contributed by atoms with van der Waals surface area (Å²) in [5, 5.41) is 0. The molecule has 24 heavy (non-hydrogen) atoms. The Morgan fingerprint density at radius 1 is 0.708 bits per heavy atom. The maximum absolute atomic E-state index is 11.6. The Morgan fingerprint density at radius 2 is 1.08 bits per heavy atom. The van der Waals surface area contributed by atoms with Crippen molar-refractivity contribution in [3.63, 3.8) is 0 Å². The lowest BCUT2D eigenvalue weighted by molar-refractivity contribution is -0.140. The minimum atomic E-state index is -0.318. The van der Waals surface area contributed by atoms with Crippen LogP contribution < -0.4 is 0 Å². The van der Waals surface area contributed by atoms with Gasteiger partial charge in [-0.3, -0.25) is 29.0 Å². The van der Waals surface area contributed by atoms with Crippen LogP contribution in [0, 0.1) is 0 Å². The third-order valence-corrected chi connectivity index (χ3v) is 3.67. The summed E-state index contributed by atoms with van der Waals surface area (Å²) in [7, 11) is 0. The first kappa shape index (κ1) is 18.0. The molecule has 0 aromatic carbocycles. The van der Waals surface area contributed by atoms with Crippen LogP contribution in [-0.2, 0) is 28.7 Å². The number of rotatable bonds is 9. The zero-order chi connectivity index (χ0) is 17.7. The summed E-state index contributed by atoms with van der Waals surface area (Å²) in [5.74, 6) is -1.21. The summed E-state index contributed by atoms with van der Waals surface area (Å²) in [6.07, 6.45) is 2.62. The van der Waals surface area contributed by atoms with Crippen LogP contribution in [0.4, 0.5) is 0 Å². The molecule has 2 aliphatic heterocycles. The molecular formula is C16H20N2O6. The molecule has 2 rings (SSSR count).